The van der Waals surface area contributed by atoms with Crippen molar-refractivity contribution in [3.05, 3.63) is 62.5 Å². The molecule has 29 heavy (non-hydrogen) atoms. The van der Waals surface area contributed by atoms with Crippen molar-refractivity contribution in [3.63, 3.8) is 0 Å². The van der Waals surface area contributed by atoms with Gasteiger partial charge in [-0.05, 0) is 40.6 Å². The van der Waals surface area contributed by atoms with Gasteiger partial charge in [0.05, 0.1) is 42.8 Å². The van der Waals surface area contributed by atoms with Gasteiger partial charge in [0.2, 0.25) is 5.75 Å². The first-order chi connectivity index (χ1) is 14.2. The van der Waals surface area contributed by atoms with Crippen molar-refractivity contribution in [1.29, 1.82) is 0 Å². The van der Waals surface area contributed by atoms with Crippen LogP contribution in [0.2, 0.25) is 0 Å². The summed E-state index contributed by atoms with van der Waals surface area (Å²) in [5.74, 6) is 1.50. The van der Waals surface area contributed by atoms with E-state index >= 15 is 0 Å². The smallest absolute Gasteiger partial charge is 0.284 e. The molecule has 0 saturated heterocycles. The van der Waals surface area contributed by atoms with Crippen molar-refractivity contribution < 1.29 is 19.0 Å². The molecule has 0 fully saturated rings. The lowest BCUT2D eigenvalue weighted by Gasteiger charge is -2.23. The third-order valence-electron chi connectivity index (χ3n) is 4.73. The van der Waals surface area contributed by atoms with E-state index in [1.807, 2.05) is 47.2 Å². The van der Waals surface area contributed by atoms with E-state index in [1.165, 1.54) is 11.3 Å². The molecule has 4 rings (SSSR count). The number of hydrazone groups is 1. The second-order valence-corrected chi connectivity index (χ2v) is 8.23. The van der Waals surface area contributed by atoms with E-state index in [-0.39, 0.29) is 11.9 Å². The highest BCUT2D eigenvalue weighted by atomic mass is 32.1. The summed E-state index contributed by atoms with van der Waals surface area (Å²) in [5, 5.41) is 10.2. The highest BCUT2D eigenvalue weighted by Crippen LogP contribution is 2.43. The van der Waals surface area contributed by atoms with Crippen LogP contribution in [0, 0.1) is 0 Å². The third kappa shape index (κ3) is 3.61. The van der Waals surface area contributed by atoms with Crippen molar-refractivity contribution in [2.24, 2.45) is 5.10 Å². The molecular weight excluding hydrogens is 408 g/mol. The fourth-order valence-corrected chi connectivity index (χ4v) is 4.73. The van der Waals surface area contributed by atoms with Crippen molar-refractivity contribution >= 4 is 34.3 Å². The van der Waals surface area contributed by atoms with Gasteiger partial charge in [0.15, 0.2) is 11.5 Å². The zero-order valence-corrected chi connectivity index (χ0v) is 17.9. The lowest BCUT2D eigenvalue weighted by atomic mass is 10.00. The van der Waals surface area contributed by atoms with Crippen LogP contribution in [0.25, 0.3) is 0 Å². The van der Waals surface area contributed by atoms with Crippen molar-refractivity contribution in [2.75, 3.05) is 21.3 Å². The van der Waals surface area contributed by atoms with E-state index in [1.54, 1.807) is 37.7 Å². The molecule has 0 N–H and O–H groups in total. The molecule has 1 atom stereocenters. The second-order valence-electron chi connectivity index (χ2n) is 6.33. The van der Waals surface area contributed by atoms with Crippen molar-refractivity contribution in [2.45, 2.75) is 12.5 Å². The summed E-state index contributed by atoms with van der Waals surface area (Å²) >= 11 is 3.02. The Hall–Kier alpha value is -2.84. The first kappa shape index (κ1) is 19.5. The Labute approximate surface area is 177 Å². The number of thiophene rings is 2. The molecule has 2 aromatic heterocycles. The maximum Gasteiger partial charge on any atom is 0.284 e. The number of rotatable bonds is 6. The van der Waals surface area contributed by atoms with Gasteiger partial charge in [-0.25, -0.2) is 5.01 Å². The molecule has 1 unspecified atom stereocenters. The SMILES string of the molecule is COc1cc(C2CC(c3cccs3)=NN2C(=O)c2cccs2)cc(OC)c1OC. The molecule has 150 valence electrons. The summed E-state index contributed by atoms with van der Waals surface area (Å²) in [5.41, 5.74) is 1.77. The lowest BCUT2D eigenvalue weighted by molar-refractivity contribution is 0.0715. The van der Waals surface area contributed by atoms with Gasteiger partial charge in [0.1, 0.15) is 0 Å². The van der Waals surface area contributed by atoms with Crippen molar-refractivity contribution in [3.8, 4) is 17.2 Å². The minimum atomic E-state index is -0.268. The predicted octanol–water partition coefficient (Wildman–Crippen LogP) is 4.83. The Bertz CT molecular complexity index is 1000. The summed E-state index contributed by atoms with van der Waals surface area (Å²) in [4.78, 5) is 14.9. The zero-order valence-electron chi connectivity index (χ0n) is 16.2. The van der Waals surface area contributed by atoms with E-state index in [9.17, 15) is 4.79 Å². The summed E-state index contributed by atoms with van der Waals surface area (Å²) in [7, 11) is 4.73. The molecular formula is C21H20N2O4S2. The third-order valence-corrected chi connectivity index (χ3v) is 6.50. The predicted molar refractivity (Wildman–Crippen MR) is 115 cm³/mol. The number of nitrogens with zero attached hydrogens (tertiary/aromatic N) is 2. The molecule has 3 aromatic rings. The van der Waals surface area contributed by atoms with Gasteiger partial charge >= 0.3 is 0 Å². The standard InChI is InChI=1S/C21H20N2O4S2/c1-25-16-10-13(11-17(26-2)20(16)27-3)15-12-14(18-6-4-8-28-18)22-23(15)21(24)19-7-5-9-29-19/h4-11,15H,12H2,1-3H3. The number of ether oxygens (including phenoxy) is 3. The summed E-state index contributed by atoms with van der Waals surface area (Å²) in [6.45, 7) is 0. The molecule has 1 aliphatic heterocycles. The first-order valence-corrected chi connectivity index (χ1v) is 10.7. The molecule has 3 heterocycles. The van der Waals surface area contributed by atoms with Gasteiger partial charge in [-0.1, -0.05) is 12.1 Å². The number of carbonyl (C=O) groups excluding carboxylic acids is 1. The number of carbonyl (C=O) groups is 1. The Balaban J connectivity index is 1.78. The van der Waals surface area contributed by atoms with Gasteiger partial charge in [-0.3, -0.25) is 4.79 Å². The van der Waals surface area contributed by atoms with Crippen LogP contribution in [-0.4, -0.2) is 38.0 Å². The van der Waals surface area contributed by atoms with Crippen LogP contribution in [-0.2, 0) is 0 Å². The van der Waals surface area contributed by atoms with E-state index in [2.05, 4.69) is 0 Å². The van der Waals surface area contributed by atoms with Gasteiger partial charge in [-0.15, -0.1) is 22.7 Å². The average Bonchev–Trinajstić information content (AvgIpc) is 3.52. The second kappa shape index (κ2) is 8.26. The number of hydrogen-bond acceptors (Lipinski definition) is 7. The molecule has 0 spiro atoms. The highest BCUT2D eigenvalue weighted by Gasteiger charge is 2.35. The van der Waals surface area contributed by atoms with Crippen LogP contribution in [0.1, 0.15) is 32.6 Å². The molecule has 0 aliphatic carbocycles. The molecule has 1 aliphatic rings. The molecule has 0 radical (unpaired) electrons. The van der Waals surface area contributed by atoms with E-state index in [4.69, 9.17) is 19.3 Å². The van der Waals surface area contributed by atoms with Crippen LogP contribution >= 0.6 is 22.7 Å². The van der Waals surface area contributed by atoms with E-state index in [0.29, 0.717) is 28.5 Å². The van der Waals surface area contributed by atoms with Gasteiger partial charge in [0.25, 0.3) is 5.91 Å². The minimum Gasteiger partial charge on any atom is -0.493 e. The number of benzene rings is 1. The maximum absolute atomic E-state index is 13.2. The molecule has 1 aromatic carbocycles. The summed E-state index contributed by atoms with van der Waals surface area (Å²) in [6.07, 6.45) is 0.607. The fraction of sp³-hybridized carbons (Fsp3) is 0.238. The normalized spacial score (nSPS) is 15.9. The van der Waals surface area contributed by atoms with Gasteiger partial charge in [-0.2, -0.15) is 5.10 Å². The average molecular weight is 429 g/mol. The fourth-order valence-electron chi connectivity index (χ4n) is 3.36. The lowest BCUT2D eigenvalue weighted by Crippen LogP contribution is -2.26. The number of hydrogen-bond donors (Lipinski definition) is 0. The van der Waals surface area contributed by atoms with E-state index in [0.717, 1.165) is 16.2 Å². The van der Waals surface area contributed by atoms with Crippen LogP contribution in [0.3, 0.4) is 0 Å². The molecule has 6 nitrogen and oxygen atoms in total. The first-order valence-electron chi connectivity index (χ1n) is 8.94. The van der Waals surface area contributed by atoms with Gasteiger partial charge in [0, 0.05) is 6.42 Å². The van der Waals surface area contributed by atoms with Crippen molar-refractivity contribution in [1.82, 2.24) is 5.01 Å². The highest BCUT2D eigenvalue weighted by molar-refractivity contribution is 7.12. The zero-order chi connectivity index (χ0) is 20.4. The quantitative estimate of drug-likeness (QED) is 0.564. The Morgan fingerprint density at radius 2 is 1.72 bits per heavy atom. The summed E-state index contributed by atoms with van der Waals surface area (Å²) in [6, 6.07) is 11.2. The number of amides is 1. The molecule has 8 heteroatoms. The minimum absolute atomic E-state index is 0.120. The van der Waals surface area contributed by atoms with Crippen LogP contribution in [0.15, 0.2) is 52.3 Å². The van der Waals surface area contributed by atoms with Crippen LogP contribution < -0.4 is 14.2 Å². The van der Waals surface area contributed by atoms with E-state index < -0.39 is 0 Å². The maximum atomic E-state index is 13.2. The molecule has 0 saturated carbocycles. The Morgan fingerprint density at radius 3 is 2.28 bits per heavy atom. The Kier molecular flexibility index (Phi) is 5.55. The van der Waals surface area contributed by atoms with Crippen LogP contribution in [0.5, 0.6) is 17.2 Å². The number of methoxy groups -OCH3 is 3. The van der Waals surface area contributed by atoms with Gasteiger partial charge < -0.3 is 14.2 Å². The largest absolute Gasteiger partial charge is 0.493 e. The molecule has 0 bridgehead atoms. The Morgan fingerprint density at radius 1 is 1.03 bits per heavy atom. The summed E-state index contributed by atoms with van der Waals surface area (Å²) < 4.78 is 16.4. The topological polar surface area (TPSA) is 60.4 Å². The monoisotopic (exact) mass is 428 g/mol. The van der Waals surface area contributed by atoms with Crippen LogP contribution in [0.4, 0.5) is 0 Å². The molecule has 1 amide bonds.